The number of aromatic nitrogens is 5. The minimum absolute atomic E-state index is 0.130. The van der Waals surface area contributed by atoms with Gasteiger partial charge in [0.1, 0.15) is 18.6 Å². The van der Waals surface area contributed by atoms with Gasteiger partial charge in [-0.15, -0.1) is 0 Å². The van der Waals surface area contributed by atoms with Crippen LogP contribution in [-0.4, -0.2) is 57.5 Å². The van der Waals surface area contributed by atoms with Crippen molar-refractivity contribution in [3.05, 3.63) is 48.3 Å². The van der Waals surface area contributed by atoms with Gasteiger partial charge in [0, 0.05) is 41.9 Å². The number of morpholine rings is 1. The predicted molar refractivity (Wildman–Crippen MR) is 133 cm³/mol. The fraction of sp³-hybridized carbons (Fsp3) is 0.385. The molecule has 0 radical (unpaired) electrons. The summed E-state index contributed by atoms with van der Waals surface area (Å²) in [7, 11) is 3.59. The van der Waals surface area contributed by atoms with Gasteiger partial charge in [-0.2, -0.15) is 0 Å². The smallest absolute Gasteiger partial charge is 0.169 e. The first-order valence-electron chi connectivity index (χ1n) is 11.9. The fourth-order valence-electron chi connectivity index (χ4n) is 4.57. The molecule has 1 aliphatic rings. The zero-order valence-electron chi connectivity index (χ0n) is 20.6. The number of aryl methyl sites for hydroxylation is 2. The number of hydrogen-bond donors (Lipinski definition) is 1. The van der Waals surface area contributed by atoms with Crippen molar-refractivity contribution in [1.82, 2.24) is 19.5 Å². The van der Waals surface area contributed by atoms with E-state index in [1.807, 2.05) is 42.2 Å². The van der Waals surface area contributed by atoms with Crippen LogP contribution in [0.5, 0.6) is 5.75 Å². The summed E-state index contributed by atoms with van der Waals surface area (Å²) >= 11 is 0. The largest absolute Gasteiger partial charge is 0.496 e. The van der Waals surface area contributed by atoms with Gasteiger partial charge in [0.15, 0.2) is 35.2 Å². The molecule has 4 aromatic rings. The fourth-order valence-corrected chi connectivity index (χ4v) is 4.57. The molecule has 1 N–H and O–H groups in total. The van der Waals surface area contributed by atoms with Crippen LogP contribution in [0.4, 0.5) is 5.82 Å². The third-order valence-corrected chi connectivity index (χ3v) is 6.48. The zero-order chi connectivity index (χ0) is 24.5. The maximum atomic E-state index is 9.86. The standard InChI is InChI=1S/C26H31N6O3/c1-5-31-24(18-8-10-30(3)11-9-18)27-22-25(31)28-23(19-6-7-21(34-4)20(14-19)15-33)29-26(22)32-12-13-35-16-17(32)2/h6-11,14,17,33H,5,12-13,15-16H2,1-4H3/q+1. The molecular weight excluding hydrogens is 444 g/mol. The van der Waals surface area contributed by atoms with E-state index in [2.05, 4.69) is 35.4 Å². The Bertz CT molecular complexity index is 1350. The number of benzene rings is 1. The second-order valence-corrected chi connectivity index (χ2v) is 8.78. The van der Waals surface area contributed by atoms with Gasteiger partial charge >= 0.3 is 0 Å². The molecule has 0 aliphatic carbocycles. The second-order valence-electron chi connectivity index (χ2n) is 8.78. The molecule has 0 bridgehead atoms. The summed E-state index contributed by atoms with van der Waals surface area (Å²) in [6, 6.07) is 9.95. The number of anilines is 1. The van der Waals surface area contributed by atoms with E-state index in [4.69, 9.17) is 24.4 Å². The van der Waals surface area contributed by atoms with Crippen molar-refractivity contribution in [3.63, 3.8) is 0 Å². The van der Waals surface area contributed by atoms with E-state index in [0.29, 0.717) is 36.9 Å². The van der Waals surface area contributed by atoms with E-state index in [-0.39, 0.29) is 12.6 Å². The second kappa shape index (κ2) is 9.59. The number of methoxy groups -OCH3 is 1. The summed E-state index contributed by atoms with van der Waals surface area (Å²) < 4.78 is 15.2. The number of aliphatic hydroxyl groups is 1. The van der Waals surface area contributed by atoms with Crippen molar-refractivity contribution in [2.45, 2.75) is 33.0 Å². The number of imidazole rings is 1. The van der Waals surface area contributed by atoms with Gasteiger partial charge in [-0.05, 0) is 32.0 Å². The first-order chi connectivity index (χ1) is 17.0. The molecule has 9 heteroatoms. The predicted octanol–water partition coefficient (Wildman–Crippen LogP) is 2.73. The molecule has 35 heavy (non-hydrogen) atoms. The normalized spacial score (nSPS) is 16.1. The van der Waals surface area contributed by atoms with Gasteiger partial charge in [-0.25, -0.2) is 19.5 Å². The van der Waals surface area contributed by atoms with Gasteiger partial charge in [-0.3, -0.25) is 0 Å². The van der Waals surface area contributed by atoms with Crippen LogP contribution in [-0.2, 0) is 24.9 Å². The molecule has 1 atom stereocenters. The Labute approximate surface area is 204 Å². The van der Waals surface area contributed by atoms with Crippen molar-refractivity contribution in [2.24, 2.45) is 7.05 Å². The highest BCUT2D eigenvalue weighted by Gasteiger charge is 2.27. The number of pyridine rings is 1. The number of nitrogens with zero attached hydrogens (tertiary/aromatic N) is 6. The lowest BCUT2D eigenvalue weighted by molar-refractivity contribution is -0.671. The highest BCUT2D eigenvalue weighted by Crippen LogP contribution is 2.33. The summed E-state index contributed by atoms with van der Waals surface area (Å²) in [5.41, 5.74) is 4.10. The van der Waals surface area contributed by atoms with E-state index < -0.39 is 0 Å². The number of aliphatic hydroxyl groups excluding tert-OH is 1. The Hall–Kier alpha value is -3.56. The van der Waals surface area contributed by atoms with Gasteiger partial charge in [-0.1, -0.05) is 0 Å². The monoisotopic (exact) mass is 475 g/mol. The van der Waals surface area contributed by atoms with Gasteiger partial charge in [0.2, 0.25) is 0 Å². The Kier molecular flexibility index (Phi) is 6.36. The van der Waals surface area contributed by atoms with Gasteiger partial charge in [0.05, 0.1) is 33.0 Å². The molecule has 0 saturated carbocycles. The molecule has 1 unspecified atom stereocenters. The van der Waals surface area contributed by atoms with Crippen LogP contribution < -0.4 is 14.2 Å². The van der Waals surface area contributed by atoms with Crippen LogP contribution in [0.15, 0.2) is 42.7 Å². The lowest BCUT2D eigenvalue weighted by atomic mass is 10.1. The quantitative estimate of drug-likeness (QED) is 0.429. The first-order valence-corrected chi connectivity index (χ1v) is 11.9. The van der Waals surface area contributed by atoms with E-state index in [9.17, 15) is 5.11 Å². The molecule has 1 fully saturated rings. The average Bonchev–Trinajstić information content (AvgIpc) is 3.27. The van der Waals surface area contributed by atoms with Crippen molar-refractivity contribution in [2.75, 3.05) is 31.8 Å². The third-order valence-electron chi connectivity index (χ3n) is 6.48. The lowest BCUT2D eigenvalue weighted by Gasteiger charge is -2.34. The molecule has 1 aliphatic heterocycles. The molecule has 9 nitrogen and oxygen atoms in total. The third kappa shape index (κ3) is 4.21. The Morgan fingerprint density at radius 2 is 1.94 bits per heavy atom. The molecule has 3 aromatic heterocycles. The highest BCUT2D eigenvalue weighted by molar-refractivity contribution is 5.89. The molecule has 4 heterocycles. The van der Waals surface area contributed by atoms with Crippen LogP contribution in [0.25, 0.3) is 33.9 Å². The molecule has 0 spiro atoms. The number of ether oxygens (including phenoxy) is 2. The van der Waals surface area contributed by atoms with Gasteiger partial charge in [0.25, 0.3) is 0 Å². The first kappa shape index (κ1) is 23.2. The van der Waals surface area contributed by atoms with Crippen LogP contribution in [0, 0.1) is 0 Å². The Morgan fingerprint density at radius 1 is 1.14 bits per heavy atom. The van der Waals surface area contributed by atoms with Crippen molar-refractivity contribution in [3.8, 4) is 28.5 Å². The molecule has 5 rings (SSSR count). The molecule has 1 saturated heterocycles. The molecule has 182 valence electrons. The molecule has 1 aromatic carbocycles. The van der Waals surface area contributed by atoms with E-state index in [1.54, 1.807) is 7.11 Å². The minimum atomic E-state index is -0.130. The summed E-state index contributed by atoms with van der Waals surface area (Å²) in [6.07, 6.45) is 4.04. The Morgan fingerprint density at radius 3 is 2.63 bits per heavy atom. The van der Waals surface area contributed by atoms with Crippen molar-refractivity contribution >= 4 is 17.0 Å². The zero-order valence-corrected chi connectivity index (χ0v) is 20.6. The van der Waals surface area contributed by atoms with E-state index >= 15 is 0 Å². The summed E-state index contributed by atoms with van der Waals surface area (Å²) in [6.45, 7) is 6.82. The minimum Gasteiger partial charge on any atom is -0.496 e. The number of hydrogen-bond acceptors (Lipinski definition) is 7. The van der Waals surface area contributed by atoms with Crippen LogP contribution in [0.2, 0.25) is 0 Å². The van der Waals surface area contributed by atoms with Crippen LogP contribution in [0.3, 0.4) is 0 Å². The molecule has 0 amide bonds. The SMILES string of the molecule is CCn1c(-c2cc[n+](C)cc2)nc2c(N3CCOCC3C)nc(-c3ccc(OC)c(CO)c3)nc21. The summed E-state index contributed by atoms with van der Waals surface area (Å²) in [4.78, 5) is 17.4. The summed E-state index contributed by atoms with van der Waals surface area (Å²) in [5, 5.41) is 9.86. The number of fused-ring (bicyclic) bond motifs is 1. The average molecular weight is 476 g/mol. The lowest BCUT2D eigenvalue weighted by Crippen LogP contribution is -2.44. The molecular formula is C26H31N6O3+. The highest BCUT2D eigenvalue weighted by atomic mass is 16.5. The summed E-state index contributed by atoms with van der Waals surface area (Å²) in [5.74, 6) is 2.89. The van der Waals surface area contributed by atoms with E-state index in [0.717, 1.165) is 40.5 Å². The Balaban J connectivity index is 1.76. The van der Waals surface area contributed by atoms with Gasteiger partial charge < -0.3 is 24.0 Å². The van der Waals surface area contributed by atoms with E-state index in [1.165, 1.54) is 0 Å². The number of rotatable bonds is 6. The maximum absolute atomic E-state index is 9.86. The van der Waals surface area contributed by atoms with Crippen molar-refractivity contribution < 1.29 is 19.1 Å². The maximum Gasteiger partial charge on any atom is 0.169 e. The van der Waals surface area contributed by atoms with Crippen LogP contribution >= 0.6 is 0 Å². The van der Waals surface area contributed by atoms with Crippen molar-refractivity contribution in [1.29, 1.82) is 0 Å². The topological polar surface area (TPSA) is 89.4 Å². The van der Waals surface area contributed by atoms with Crippen LogP contribution in [0.1, 0.15) is 19.4 Å².